The van der Waals surface area contributed by atoms with Gasteiger partial charge in [0.25, 0.3) is 10.0 Å². The first-order chi connectivity index (χ1) is 14.0. The Morgan fingerprint density at radius 1 is 1.20 bits per heavy atom. The summed E-state index contributed by atoms with van der Waals surface area (Å²) < 4.78 is 40.9. The van der Waals surface area contributed by atoms with Crippen LogP contribution in [0.3, 0.4) is 0 Å². The second-order valence-corrected chi connectivity index (χ2v) is 10.8. The highest BCUT2D eigenvalue weighted by Crippen LogP contribution is 2.30. The van der Waals surface area contributed by atoms with Crippen molar-refractivity contribution in [1.82, 2.24) is 8.87 Å². The summed E-state index contributed by atoms with van der Waals surface area (Å²) in [5.41, 5.74) is 1.43. The number of rotatable bonds is 6. The van der Waals surface area contributed by atoms with Crippen molar-refractivity contribution in [2.24, 2.45) is 5.41 Å². The molecule has 160 valence electrons. The minimum atomic E-state index is -3.99. The number of amides is 1. The zero-order chi connectivity index (χ0) is 22.1. The molecule has 3 aromatic rings. The van der Waals surface area contributed by atoms with Crippen LogP contribution in [-0.4, -0.2) is 35.0 Å². The first-order valence-corrected chi connectivity index (χ1v) is 11.6. The van der Waals surface area contributed by atoms with Gasteiger partial charge in [0, 0.05) is 23.7 Å². The van der Waals surface area contributed by atoms with E-state index in [1.807, 2.05) is 31.5 Å². The molecule has 0 unspecified atom stereocenters. The van der Waals surface area contributed by atoms with Gasteiger partial charge in [-0.15, -0.1) is 0 Å². The summed E-state index contributed by atoms with van der Waals surface area (Å²) in [4.78, 5) is 12.9. The minimum absolute atomic E-state index is 0.0488. The van der Waals surface area contributed by atoms with E-state index in [1.54, 1.807) is 12.1 Å². The third-order valence-electron chi connectivity index (χ3n) is 4.34. The van der Waals surface area contributed by atoms with Gasteiger partial charge < -0.3 is 10.0 Å². The van der Waals surface area contributed by atoms with E-state index in [0.29, 0.717) is 23.4 Å². The average Bonchev–Trinajstić information content (AvgIpc) is 3.30. The summed E-state index contributed by atoms with van der Waals surface area (Å²) in [6.45, 7) is 6.15. The van der Waals surface area contributed by atoms with E-state index in [-0.39, 0.29) is 16.9 Å². The maximum atomic E-state index is 13.3. The largest absolute Gasteiger partial charge is 0.465 e. The fraction of sp³-hybridized carbons (Fsp3) is 0.286. The quantitative estimate of drug-likeness (QED) is 0.565. The molecule has 0 atom stereocenters. The van der Waals surface area contributed by atoms with Crippen LogP contribution in [0.2, 0.25) is 0 Å². The maximum absolute atomic E-state index is 13.3. The predicted molar refractivity (Wildman–Crippen MR) is 115 cm³/mol. The molecule has 30 heavy (non-hydrogen) atoms. The lowest BCUT2D eigenvalue weighted by molar-refractivity contribution is 0.123. The molecule has 6 nitrogen and oxygen atoms in total. The van der Waals surface area contributed by atoms with E-state index in [4.69, 9.17) is 0 Å². The number of carboxylic acid groups (broad SMARTS) is 1. The maximum Gasteiger partial charge on any atom is 0.407 e. The Kier molecular flexibility index (Phi) is 6.05. The molecule has 0 fully saturated rings. The van der Waals surface area contributed by atoms with Crippen LogP contribution in [0.1, 0.15) is 26.3 Å². The van der Waals surface area contributed by atoms with Crippen molar-refractivity contribution in [3.8, 4) is 11.3 Å². The molecule has 0 saturated heterocycles. The molecular formula is C21H23FN2O4S2. The van der Waals surface area contributed by atoms with Crippen LogP contribution in [0.15, 0.2) is 58.3 Å². The van der Waals surface area contributed by atoms with Crippen molar-refractivity contribution in [2.45, 2.75) is 32.2 Å². The first kappa shape index (κ1) is 22.0. The number of hydrogen-bond donors (Lipinski definition) is 1. The van der Waals surface area contributed by atoms with E-state index < -0.39 is 21.9 Å². The van der Waals surface area contributed by atoms with Crippen molar-refractivity contribution >= 4 is 27.5 Å². The number of carbonyl (C=O) groups is 1. The van der Waals surface area contributed by atoms with Gasteiger partial charge in [-0.1, -0.05) is 20.8 Å². The smallest absolute Gasteiger partial charge is 0.407 e. The number of thiophene rings is 1. The van der Waals surface area contributed by atoms with Gasteiger partial charge in [-0.05, 0) is 52.8 Å². The van der Waals surface area contributed by atoms with Gasteiger partial charge in [-0.2, -0.15) is 11.3 Å². The Labute approximate surface area is 179 Å². The lowest BCUT2D eigenvalue weighted by Gasteiger charge is -2.27. The molecule has 0 bridgehead atoms. The summed E-state index contributed by atoms with van der Waals surface area (Å²) in [6, 6.07) is 8.09. The monoisotopic (exact) mass is 450 g/mol. The lowest BCUT2D eigenvalue weighted by Crippen LogP contribution is -2.36. The van der Waals surface area contributed by atoms with Crippen LogP contribution < -0.4 is 0 Å². The lowest BCUT2D eigenvalue weighted by atomic mass is 9.96. The Bertz CT molecular complexity index is 1130. The van der Waals surface area contributed by atoms with Crippen molar-refractivity contribution in [1.29, 1.82) is 0 Å². The number of halogens is 1. The molecule has 0 aliphatic heterocycles. The fourth-order valence-corrected chi connectivity index (χ4v) is 5.16. The molecule has 0 aliphatic carbocycles. The zero-order valence-corrected chi connectivity index (χ0v) is 18.5. The molecule has 9 heteroatoms. The van der Waals surface area contributed by atoms with Gasteiger partial charge in [-0.25, -0.2) is 21.6 Å². The van der Waals surface area contributed by atoms with Crippen LogP contribution in [0.5, 0.6) is 0 Å². The van der Waals surface area contributed by atoms with Crippen molar-refractivity contribution in [3.63, 3.8) is 0 Å². The summed E-state index contributed by atoms with van der Waals surface area (Å²) >= 11 is 1.43. The third kappa shape index (κ3) is 4.91. The molecule has 1 aromatic carbocycles. The molecule has 2 heterocycles. The van der Waals surface area contributed by atoms with E-state index in [0.717, 1.165) is 16.1 Å². The van der Waals surface area contributed by atoms with Crippen LogP contribution in [0, 0.1) is 11.2 Å². The molecule has 0 saturated carbocycles. The topological polar surface area (TPSA) is 79.6 Å². The highest BCUT2D eigenvalue weighted by Gasteiger charge is 2.25. The van der Waals surface area contributed by atoms with Gasteiger partial charge in [0.05, 0.1) is 17.1 Å². The molecule has 2 aromatic heterocycles. The fourth-order valence-electron chi connectivity index (χ4n) is 3.11. The van der Waals surface area contributed by atoms with Crippen LogP contribution in [0.25, 0.3) is 11.3 Å². The summed E-state index contributed by atoms with van der Waals surface area (Å²) in [6.07, 6.45) is 0.362. The number of nitrogens with zero attached hydrogens (tertiary/aromatic N) is 2. The molecule has 0 spiro atoms. The first-order valence-electron chi connectivity index (χ1n) is 9.20. The molecule has 1 amide bonds. The second-order valence-electron chi connectivity index (χ2n) is 8.20. The average molecular weight is 451 g/mol. The van der Waals surface area contributed by atoms with Crippen molar-refractivity contribution in [2.75, 3.05) is 6.54 Å². The van der Waals surface area contributed by atoms with Gasteiger partial charge in [0.15, 0.2) is 0 Å². The molecule has 3 rings (SSSR count). The summed E-state index contributed by atoms with van der Waals surface area (Å²) in [7, 11) is -3.99. The van der Waals surface area contributed by atoms with Gasteiger partial charge >= 0.3 is 6.09 Å². The van der Waals surface area contributed by atoms with Gasteiger partial charge in [0.1, 0.15) is 5.82 Å². The SMILES string of the molecule is CC(C)(C)CN(Cc1cc(-c2ccsc2)n(S(=O)(=O)c2ccc(F)cc2)c1)C(=O)O. The van der Waals surface area contributed by atoms with Gasteiger partial charge in [0.2, 0.25) is 0 Å². The molecular weight excluding hydrogens is 427 g/mol. The van der Waals surface area contributed by atoms with Crippen LogP contribution in [-0.2, 0) is 16.6 Å². The molecule has 0 radical (unpaired) electrons. The second kappa shape index (κ2) is 8.23. The van der Waals surface area contributed by atoms with Crippen molar-refractivity contribution < 1.29 is 22.7 Å². The van der Waals surface area contributed by atoms with E-state index in [1.165, 1.54) is 34.6 Å². The Morgan fingerprint density at radius 2 is 1.87 bits per heavy atom. The Hall–Kier alpha value is -2.65. The summed E-state index contributed by atoms with van der Waals surface area (Å²) in [5.74, 6) is -0.528. The van der Waals surface area contributed by atoms with Crippen LogP contribution >= 0.6 is 11.3 Å². The van der Waals surface area contributed by atoms with E-state index in [2.05, 4.69) is 0 Å². The number of aromatic nitrogens is 1. The predicted octanol–water partition coefficient (Wildman–Crippen LogP) is 5.12. The third-order valence-corrected chi connectivity index (χ3v) is 6.71. The summed E-state index contributed by atoms with van der Waals surface area (Å²) in [5, 5.41) is 13.2. The highest BCUT2D eigenvalue weighted by molar-refractivity contribution is 7.90. The highest BCUT2D eigenvalue weighted by atomic mass is 32.2. The Balaban J connectivity index is 2.06. The van der Waals surface area contributed by atoms with Crippen molar-refractivity contribution in [3.05, 3.63) is 64.7 Å². The molecule has 0 aliphatic rings. The molecule has 1 N–H and O–H groups in total. The number of benzene rings is 1. The Morgan fingerprint density at radius 3 is 2.40 bits per heavy atom. The van der Waals surface area contributed by atoms with Gasteiger partial charge in [-0.3, -0.25) is 0 Å². The number of hydrogen-bond acceptors (Lipinski definition) is 4. The van der Waals surface area contributed by atoms with E-state index >= 15 is 0 Å². The minimum Gasteiger partial charge on any atom is -0.465 e. The standard InChI is InChI=1S/C21H23FN2O4S2/c1-21(2,3)14-23(20(25)26)11-15-10-19(16-8-9-29-13-16)24(12-15)30(27,28)18-6-4-17(22)5-7-18/h4-10,12-13H,11,14H2,1-3H3,(H,25,26). The zero-order valence-electron chi connectivity index (χ0n) is 16.9. The normalized spacial score (nSPS) is 12.1. The van der Waals surface area contributed by atoms with E-state index in [9.17, 15) is 22.7 Å². The van der Waals surface area contributed by atoms with Crippen LogP contribution in [0.4, 0.5) is 9.18 Å².